The van der Waals surface area contributed by atoms with Gasteiger partial charge in [0.1, 0.15) is 12.4 Å². The number of imidazole rings is 1. The van der Waals surface area contributed by atoms with Gasteiger partial charge in [0, 0.05) is 12.5 Å². The molecule has 0 bridgehead atoms. The van der Waals surface area contributed by atoms with Crippen LogP contribution in [-0.2, 0) is 13.0 Å². The van der Waals surface area contributed by atoms with Crippen molar-refractivity contribution in [2.75, 3.05) is 0 Å². The second-order valence-corrected chi connectivity index (χ2v) is 4.19. The van der Waals surface area contributed by atoms with Crippen LogP contribution in [0.5, 0.6) is 0 Å². The van der Waals surface area contributed by atoms with Gasteiger partial charge in [0.25, 0.3) is 5.65 Å². The summed E-state index contributed by atoms with van der Waals surface area (Å²) in [5, 5.41) is 0. The molecule has 3 heteroatoms. The number of nitrogens with zero attached hydrogens (tertiary/aromatic N) is 2. The monoisotopic (exact) mass is 302 g/mol. The Bertz CT molecular complexity index is 616. The van der Waals surface area contributed by atoms with Crippen LogP contribution < -0.4 is 21.5 Å². The van der Waals surface area contributed by atoms with Crippen molar-refractivity contribution in [2.24, 2.45) is 0 Å². The molecule has 3 rings (SSSR count). The highest BCUT2D eigenvalue weighted by molar-refractivity contribution is 5.30. The first-order chi connectivity index (χ1) is 8.43. The zero-order chi connectivity index (χ0) is 11.5. The third kappa shape index (κ3) is 2.62. The molecule has 18 heavy (non-hydrogen) atoms. The average molecular weight is 303 g/mol. The molecule has 0 aliphatic carbocycles. The number of hydrogen-bond donors (Lipinski definition) is 0. The highest BCUT2D eigenvalue weighted by Gasteiger charge is 2.07. The van der Waals surface area contributed by atoms with Gasteiger partial charge in [-0.1, -0.05) is 36.4 Å². The van der Waals surface area contributed by atoms with Crippen LogP contribution >= 0.6 is 0 Å². The Morgan fingerprint density at radius 1 is 0.889 bits per heavy atom. The van der Waals surface area contributed by atoms with E-state index in [1.165, 1.54) is 11.2 Å². The van der Waals surface area contributed by atoms with Crippen LogP contribution in [0.25, 0.3) is 5.65 Å². The normalized spacial score (nSPS) is 10.2. The van der Waals surface area contributed by atoms with Crippen molar-refractivity contribution in [3.8, 4) is 0 Å². The van der Waals surface area contributed by atoms with Gasteiger partial charge < -0.3 is 17.0 Å². The minimum Gasteiger partial charge on any atom is -1.00 e. The van der Waals surface area contributed by atoms with Crippen LogP contribution in [0.2, 0.25) is 0 Å². The summed E-state index contributed by atoms with van der Waals surface area (Å²) < 4.78 is 4.43. The Morgan fingerprint density at radius 2 is 1.67 bits per heavy atom. The van der Waals surface area contributed by atoms with Gasteiger partial charge in [-0.05, 0) is 11.6 Å². The van der Waals surface area contributed by atoms with E-state index in [9.17, 15) is 0 Å². The Kier molecular flexibility index (Phi) is 4.15. The van der Waals surface area contributed by atoms with Crippen molar-refractivity contribution in [3.05, 3.63) is 72.7 Å². The third-order valence-electron chi connectivity index (χ3n) is 3.05. The van der Waals surface area contributed by atoms with Gasteiger partial charge >= 0.3 is 0 Å². The first kappa shape index (κ1) is 12.8. The molecule has 0 unspecified atom stereocenters. The number of aryl methyl sites for hydroxylation is 2. The molecule has 0 spiro atoms. The number of fused-ring (bicyclic) bond motifs is 1. The highest BCUT2D eigenvalue weighted by Crippen LogP contribution is 2.01. The number of benzene rings is 1. The van der Waals surface area contributed by atoms with E-state index < -0.39 is 0 Å². The van der Waals surface area contributed by atoms with Crippen molar-refractivity contribution in [3.63, 3.8) is 0 Å². The molecule has 0 fully saturated rings. The average Bonchev–Trinajstić information content (AvgIpc) is 2.81. The maximum atomic E-state index is 2.28. The van der Waals surface area contributed by atoms with Crippen LogP contribution in [0.3, 0.4) is 0 Å². The summed E-state index contributed by atoms with van der Waals surface area (Å²) in [6.07, 6.45) is 7.38. The number of hydrogen-bond acceptors (Lipinski definition) is 0. The fraction of sp³-hybridized carbons (Fsp3) is 0.133. The van der Waals surface area contributed by atoms with Gasteiger partial charge in [-0.3, -0.25) is 0 Å². The van der Waals surface area contributed by atoms with Crippen LogP contribution in [0.15, 0.2) is 67.1 Å². The fourth-order valence-corrected chi connectivity index (χ4v) is 2.13. The lowest BCUT2D eigenvalue weighted by atomic mass is 10.1. The van der Waals surface area contributed by atoms with Gasteiger partial charge in [0.2, 0.25) is 0 Å². The summed E-state index contributed by atoms with van der Waals surface area (Å²) in [6.45, 7) is 1.02. The highest BCUT2D eigenvalue weighted by atomic mass is 79.9. The largest absolute Gasteiger partial charge is 1.00 e. The lowest BCUT2D eigenvalue weighted by Gasteiger charge is -1.99. The first-order valence-corrected chi connectivity index (χ1v) is 5.92. The maximum absolute atomic E-state index is 2.28. The fourth-order valence-electron chi connectivity index (χ4n) is 2.13. The van der Waals surface area contributed by atoms with Gasteiger partial charge in [0.15, 0.2) is 0 Å². The molecule has 0 aliphatic heterocycles. The second-order valence-electron chi connectivity index (χ2n) is 4.19. The molecular weight excluding hydrogens is 288 g/mol. The summed E-state index contributed by atoms with van der Waals surface area (Å²) in [4.78, 5) is 0. The summed E-state index contributed by atoms with van der Waals surface area (Å²) in [5.41, 5.74) is 2.62. The summed E-state index contributed by atoms with van der Waals surface area (Å²) >= 11 is 0. The van der Waals surface area contributed by atoms with Crippen molar-refractivity contribution in [2.45, 2.75) is 13.0 Å². The predicted octanol–water partition coefficient (Wildman–Crippen LogP) is -0.526. The molecule has 0 atom stereocenters. The third-order valence-corrected chi connectivity index (χ3v) is 3.05. The van der Waals surface area contributed by atoms with E-state index in [-0.39, 0.29) is 17.0 Å². The number of pyridine rings is 1. The zero-order valence-corrected chi connectivity index (χ0v) is 11.6. The molecule has 0 saturated heterocycles. The van der Waals surface area contributed by atoms with Crippen molar-refractivity contribution >= 4 is 5.65 Å². The molecule has 0 N–H and O–H groups in total. The lowest BCUT2D eigenvalue weighted by molar-refractivity contribution is -0.670. The van der Waals surface area contributed by atoms with Gasteiger partial charge in [-0.15, -0.1) is 0 Å². The Balaban J connectivity index is 0.00000120. The number of halogens is 1. The van der Waals surface area contributed by atoms with E-state index >= 15 is 0 Å². The summed E-state index contributed by atoms with van der Waals surface area (Å²) in [5.74, 6) is 0. The molecule has 0 radical (unpaired) electrons. The van der Waals surface area contributed by atoms with Gasteiger partial charge in [-0.25, -0.2) is 8.97 Å². The van der Waals surface area contributed by atoms with E-state index in [2.05, 4.69) is 76.1 Å². The van der Waals surface area contributed by atoms with Crippen LogP contribution in [-0.4, -0.2) is 4.40 Å². The summed E-state index contributed by atoms with van der Waals surface area (Å²) in [6, 6.07) is 16.9. The number of rotatable bonds is 3. The van der Waals surface area contributed by atoms with Crippen LogP contribution in [0.4, 0.5) is 0 Å². The zero-order valence-electron chi connectivity index (χ0n) is 10.0. The molecule has 0 aliphatic rings. The minimum atomic E-state index is 0. The molecule has 2 heterocycles. The van der Waals surface area contributed by atoms with Gasteiger partial charge in [0.05, 0.1) is 12.7 Å². The van der Waals surface area contributed by atoms with E-state index in [0.29, 0.717) is 0 Å². The summed E-state index contributed by atoms with van der Waals surface area (Å²) in [7, 11) is 0. The molecule has 92 valence electrons. The molecular formula is C15H15BrN2. The Hall–Kier alpha value is -1.61. The first-order valence-electron chi connectivity index (χ1n) is 5.92. The molecule has 0 amide bonds. The van der Waals surface area contributed by atoms with E-state index in [0.717, 1.165) is 13.0 Å². The SMILES string of the molecule is [Br-].c1ccc(CC[n+]2ccn3ccccc32)cc1. The molecule has 3 aromatic rings. The minimum absolute atomic E-state index is 0. The smallest absolute Gasteiger partial charge is 0.286 e. The quantitative estimate of drug-likeness (QED) is 0.575. The van der Waals surface area contributed by atoms with E-state index in [4.69, 9.17) is 0 Å². The van der Waals surface area contributed by atoms with Crippen molar-refractivity contribution in [1.82, 2.24) is 4.40 Å². The maximum Gasteiger partial charge on any atom is 0.286 e. The molecule has 2 aromatic heterocycles. The molecule has 1 aromatic carbocycles. The lowest BCUT2D eigenvalue weighted by Crippen LogP contribution is -3.00. The Labute approximate surface area is 117 Å². The topological polar surface area (TPSA) is 8.29 Å². The predicted molar refractivity (Wildman–Crippen MR) is 67.7 cm³/mol. The van der Waals surface area contributed by atoms with E-state index in [1.54, 1.807) is 0 Å². The number of aromatic nitrogens is 2. The van der Waals surface area contributed by atoms with Crippen LogP contribution in [0.1, 0.15) is 5.56 Å². The Morgan fingerprint density at radius 3 is 2.50 bits per heavy atom. The van der Waals surface area contributed by atoms with Gasteiger partial charge in [-0.2, -0.15) is 0 Å². The standard InChI is InChI=1S/C15H15N2.BrH/c1-2-6-14(7-3-1)9-11-17-13-12-16-10-5-4-8-15(16)17;/h1-8,10,12-13H,9,11H2;1H/q+1;/p-1. The van der Waals surface area contributed by atoms with Crippen LogP contribution in [0, 0.1) is 0 Å². The second kappa shape index (κ2) is 5.83. The van der Waals surface area contributed by atoms with Crippen molar-refractivity contribution in [1.29, 1.82) is 0 Å². The van der Waals surface area contributed by atoms with Crippen molar-refractivity contribution < 1.29 is 21.5 Å². The molecule has 2 nitrogen and oxygen atoms in total. The van der Waals surface area contributed by atoms with E-state index in [1.807, 2.05) is 0 Å². The molecule has 0 saturated carbocycles.